The van der Waals surface area contributed by atoms with Crippen LogP contribution in [0.4, 0.5) is 0 Å². The third-order valence-electron chi connectivity index (χ3n) is 3.06. The third-order valence-corrected chi connectivity index (χ3v) is 4.24. The van der Waals surface area contributed by atoms with E-state index in [9.17, 15) is 4.79 Å². The van der Waals surface area contributed by atoms with Crippen LogP contribution in [0.1, 0.15) is 11.1 Å². The second kappa shape index (κ2) is 11.3. The molecule has 0 aliphatic rings. The summed E-state index contributed by atoms with van der Waals surface area (Å²) in [6, 6.07) is 17.4. The molecule has 1 amide bonds. The Morgan fingerprint density at radius 3 is 2.64 bits per heavy atom. The Morgan fingerprint density at radius 2 is 1.92 bits per heavy atom. The Hall–Kier alpha value is -2.24. The quantitative estimate of drug-likeness (QED) is 0.528. The van der Waals surface area contributed by atoms with Gasteiger partial charge in [-0.1, -0.05) is 41.9 Å². The lowest BCUT2D eigenvalue weighted by Crippen LogP contribution is -2.19. The molecule has 0 fully saturated rings. The highest BCUT2D eigenvalue weighted by Gasteiger charge is 2.00. The number of benzene rings is 2. The number of halogens is 1. The first kappa shape index (κ1) is 19.1. The fourth-order valence-corrected chi connectivity index (χ4v) is 2.73. The van der Waals surface area contributed by atoms with Crippen LogP contribution in [0.15, 0.2) is 71.3 Å². The molecule has 0 saturated heterocycles. The van der Waals surface area contributed by atoms with Crippen molar-refractivity contribution >= 4 is 35.5 Å². The van der Waals surface area contributed by atoms with E-state index in [1.165, 1.54) is 11.1 Å². The third kappa shape index (κ3) is 7.92. The van der Waals surface area contributed by atoms with Crippen LogP contribution in [-0.4, -0.2) is 24.5 Å². The number of hydrogen-bond acceptors (Lipinski definition) is 4. The van der Waals surface area contributed by atoms with Crippen molar-refractivity contribution in [3.05, 3.63) is 77.3 Å². The number of carbonyl (C=O) groups excluding carboxylic acids is 1. The van der Waals surface area contributed by atoms with Crippen molar-refractivity contribution in [2.75, 3.05) is 12.4 Å². The molecule has 130 valence electrons. The minimum atomic E-state index is -0.120. The second-order valence-electron chi connectivity index (χ2n) is 5.01. The molecule has 0 bridgehead atoms. The summed E-state index contributed by atoms with van der Waals surface area (Å²) in [4.78, 5) is 11.7. The van der Waals surface area contributed by atoms with Crippen molar-refractivity contribution in [1.29, 1.82) is 0 Å². The predicted octanol–water partition coefficient (Wildman–Crippen LogP) is 4.20. The van der Waals surface area contributed by atoms with Crippen molar-refractivity contribution in [2.24, 2.45) is 5.10 Å². The first-order valence-electron chi connectivity index (χ1n) is 7.69. The van der Waals surface area contributed by atoms with Crippen molar-refractivity contribution in [3.8, 4) is 5.75 Å². The van der Waals surface area contributed by atoms with E-state index in [2.05, 4.69) is 10.5 Å². The van der Waals surface area contributed by atoms with Crippen LogP contribution in [0.25, 0.3) is 0 Å². The van der Waals surface area contributed by atoms with Crippen LogP contribution >= 0.6 is 23.4 Å². The van der Waals surface area contributed by atoms with Gasteiger partial charge in [-0.05, 0) is 41.5 Å². The van der Waals surface area contributed by atoms with Crippen LogP contribution in [0.5, 0.6) is 5.75 Å². The van der Waals surface area contributed by atoms with E-state index in [1.807, 2.05) is 54.6 Å². The molecule has 6 heteroatoms. The number of ether oxygens (including phenoxy) is 1. The van der Waals surface area contributed by atoms with Gasteiger partial charge in [0.15, 0.2) is 0 Å². The molecule has 0 spiro atoms. The number of carbonyl (C=O) groups is 1. The molecule has 0 saturated carbocycles. The van der Waals surface area contributed by atoms with E-state index >= 15 is 0 Å². The lowest BCUT2D eigenvalue weighted by molar-refractivity contribution is -0.118. The fourth-order valence-electron chi connectivity index (χ4n) is 1.88. The van der Waals surface area contributed by atoms with Gasteiger partial charge in [-0.3, -0.25) is 4.79 Å². The molecule has 0 aliphatic carbocycles. The molecular formula is C19H19ClN2O2S. The molecule has 0 unspecified atom stereocenters. The Kier molecular flexibility index (Phi) is 8.66. The molecule has 2 aromatic carbocycles. The van der Waals surface area contributed by atoms with Crippen LogP contribution in [0, 0.1) is 0 Å². The minimum Gasteiger partial charge on any atom is -0.490 e. The summed E-state index contributed by atoms with van der Waals surface area (Å²) in [5, 5.41) is 3.96. The molecule has 2 aromatic rings. The average Bonchev–Trinajstić information content (AvgIpc) is 2.64. The standard InChI is InChI=1S/C19H19ClN2O2S/c20-11-4-12-24-18-9-7-16(8-10-18)13-21-22-19(23)15-25-14-17-5-2-1-3-6-17/h1-11,13H,12,14-15H2,(H,22,23). The van der Waals surface area contributed by atoms with Crippen molar-refractivity contribution in [3.63, 3.8) is 0 Å². The number of thioether (sulfide) groups is 1. The zero-order valence-electron chi connectivity index (χ0n) is 13.6. The molecule has 0 radical (unpaired) electrons. The highest BCUT2D eigenvalue weighted by molar-refractivity contribution is 7.99. The Morgan fingerprint density at radius 1 is 1.16 bits per heavy atom. The van der Waals surface area contributed by atoms with Gasteiger partial charge in [0.25, 0.3) is 0 Å². The molecule has 0 atom stereocenters. The summed E-state index contributed by atoms with van der Waals surface area (Å²) in [7, 11) is 0. The topological polar surface area (TPSA) is 50.7 Å². The van der Waals surface area contributed by atoms with Gasteiger partial charge in [0.1, 0.15) is 12.4 Å². The van der Waals surface area contributed by atoms with Gasteiger partial charge in [-0.25, -0.2) is 5.43 Å². The Balaban J connectivity index is 1.68. The molecule has 0 heterocycles. The van der Waals surface area contributed by atoms with Crippen LogP contribution in [0.2, 0.25) is 0 Å². The van der Waals surface area contributed by atoms with E-state index in [1.54, 1.807) is 24.1 Å². The number of nitrogens with one attached hydrogen (secondary N) is 1. The number of amides is 1. The van der Waals surface area contributed by atoms with Crippen LogP contribution in [-0.2, 0) is 10.5 Å². The molecular weight excluding hydrogens is 356 g/mol. The zero-order valence-corrected chi connectivity index (χ0v) is 15.2. The lowest BCUT2D eigenvalue weighted by Gasteiger charge is -2.03. The number of hydrogen-bond donors (Lipinski definition) is 1. The van der Waals surface area contributed by atoms with Crippen LogP contribution < -0.4 is 10.2 Å². The summed E-state index contributed by atoms with van der Waals surface area (Å²) in [6.45, 7) is 0.424. The Bertz CT molecular complexity index is 703. The van der Waals surface area contributed by atoms with Gasteiger partial charge >= 0.3 is 0 Å². The monoisotopic (exact) mass is 374 g/mol. The summed E-state index contributed by atoms with van der Waals surface area (Å²) in [5.41, 5.74) is 6.02. The van der Waals surface area contributed by atoms with Crippen molar-refractivity contribution < 1.29 is 9.53 Å². The average molecular weight is 375 g/mol. The smallest absolute Gasteiger partial charge is 0.250 e. The summed E-state index contributed by atoms with van der Waals surface area (Å²) in [5.74, 6) is 1.80. The number of hydrazone groups is 1. The van der Waals surface area contributed by atoms with E-state index < -0.39 is 0 Å². The van der Waals surface area contributed by atoms with Gasteiger partial charge in [0.05, 0.1) is 12.0 Å². The second-order valence-corrected chi connectivity index (χ2v) is 6.25. The van der Waals surface area contributed by atoms with Gasteiger partial charge in [0, 0.05) is 11.3 Å². The maximum absolute atomic E-state index is 11.7. The first-order chi connectivity index (χ1) is 12.3. The zero-order chi connectivity index (χ0) is 17.7. The highest BCUT2D eigenvalue weighted by Crippen LogP contribution is 2.12. The summed E-state index contributed by atoms with van der Waals surface area (Å²) in [6.07, 6.45) is 3.31. The van der Waals surface area contributed by atoms with E-state index in [-0.39, 0.29) is 5.91 Å². The van der Waals surface area contributed by atoms with Crippen LogP contribution in [0.3, 0.4) is 0 Å². The highest BCUT2D eigenvalue weighted by atomic mass is 35.5. The lowest BCUT2D eigenvalue weighted by atomic mass is 10.2. The van der Waals surface area contributed by atoms with Gasteiger partial charge in [-0.15, -0.1) is 11.8 Å². The van der Waals surface area contributed by atoms with E-state index in [0.717, 1.165) is 17.1 Å². The normalized spacial score (nSPS) is 11.1. The van der Waals surface area contributed by atoms with Gasteiger partial charge < -0.3 is 4.74 Å². The minimum absolute atomic E-state index is 0.120. The fraction of sp³-hybridized carbons (Fsp3) is 0.158. The largest absolute Gasteiger partial charge is 0.490 e. The van der Waals surface area contributed by atoms with Gasteiger partial charge in [-0.2, -0.15) is 5.10 Å². The van der Waals surface area contributed by atoms with Crippen molar-refractivity contribution in [1.82, 2.24) is 5.43 Å². The maximum atomic E-state index is 11.7. The molecule has 1 N–H and O–H groups in total. The van der Waals surface area contributed by atoms with E-state index in [0.29, 0.717) is 12.4 Å². The predicted molar refractivity (Wildman–Crippen MR) is 105 cm³/mol. The number of nitrogens with zero attached hydrogens (tertiary/aromatic N) is 1. The SMILES string of the molecule is O=C(CSCc1ccccc1)NN=Cc1ccc(OCC=CCl)cc1. The summed E-state index contributed by atoms with van der Waals surface area (Å²) < 4.78 is 5.44. The Labute approximate surface area is 156 Å². The van der Waals surface area contributed by atoms with Gasteiger partial charge in [0.2, 0.25) is 5.91 Å². The first-order valence-corrected chi connectivity index (χ1v) is 9.28. The molecule has 2 rings (SSSR count). The molecule has 4 nitrogen and oxygen atoms in total. The molecule has 25 heavy (non-hydrogen) atoms. The maximum Gasteiger partial charge on any atom is 0.250 e. The molecule has 0 aliphatic heterocycles. The van der Waals surface area contributed by atoms with Crippen molar-refractivity contribution in [2.45, 2.75) is 5.75 Å². The number of rotatable bonds is 9. The van der Waals surface area contributed by atoms with E-state index in [4.69, 9.17) is 16.3 Å². The summed E-state index contributed by atoms with van der Waals surface area (Å²) >= 11 is 6.98. The molecule has 0 aromatic heterocycles.